The number of benzene rings is 1. The van der Waals surface area contributed by atoms with Crippen molar-refractivity contribution in [3.63, 3.8) is 0 Å². The lowest BCUT2D eigenvalue weighted by Gasteiger charge is -2.37. The van der Waals surface area contributed by atoms with Gasteiger partial charge in [-0.05, 0) is 39.0 Å². The number of aromatic nitrogens is 1. The minimum absolute atomic E-state index is 0.123. The summed E-state index contributed by atoms with van der Waals surface area (Å²) in [5, 5.41) is 4.00. The third-order valence-corrected chi connectivity index (χ3v) is 5.12. The van der Waals surface area contributed by atoms with Crippen molar-refractivity contribution >= 4 is 28.6 Å². The summed E-state index contributed by atoms with van der Waals surface area (Å²) in [4.78, 5) is 15.4. The Morgan fingerprint density at radius 1 is 1.22 bits per heavy atom. The molecule has 0 amide bonds. The maximum atomic E-state index is 13.7. The van der Waals surface area contributed by atoms with E-state index in [2.05, 4.69) is 34.0 Å². The highest BCUT2D eigenvalue weighted by atomic mass is 19.1. The Bertz CT molecular complexity index is 920. The molecule has 0 spiro atoms. The summed E-state index contributed by atoms with van der Waals surface area (Å²) < 4.78 is 13.7. The van der Waals surface area contributed by atoms with Crippen LogP contribution in [0.25, 0.3) is 10.9 Å². The molecule has 2 heterocycles. The number of anilines is 1. The standard InChI is InChI=1S/C19H26FN7/c1-5-27(6-2)16-14(9-12-7-8-13(20)10-15(12)23-16)11(3)19(4)25-17(21)24-18(22)26-19/h7-11H,5-6H2,1-4H3,(H5,21,22,24,25,26). The highest BCUT2D eigenvalue weighted by Crippen LogP contribution is 2.37. The molecule has 0 bridgehead atoms. The molecule has 2 unspecified atom stereocenters. The number of hydrogen-bond donors (Lipinski definition) is 3. The monoisotopic (exact) mass is 371 g/mol. The molecule has 2 aromatic rings. The maximum Gasteiger partial charge on any atom is 0.220 e. The number of nitrogens with one attached hydrogen (secondary N) is 1. The summed E-state index contributed by atoms with van der Waals surface area (Å²) in [6, 6.07) is 6.68. The van der Waals surface area contributed by atoms with Crippen LogP contribution in [-0.4, -0.2) is 35.7 Å². The molecular weight excluding hydrogens is 345 g/mol. The molecule has 0 saturated heterocycles. The largest absolute Gasteiger partial charge is 0.370 e. The average Bonchev–Trinajstić information content (AvgIpc) is 2.60. The third kappa shape index (κ3) is 3.51. The van der Waals surface area contributed by atoms with Crippen LogP contribution >= 0.6 is 0 Å². The number of hydrogen-bond acceptors (Lipinski definition) is 7. The van der Waals surface area contributed by atoms with Gasteiger partial charge in [-0.2, -0.15) is 4.99 Å². The minimum Gasteiger partial charge on any atom is -0.370 e. The summed E-state index contributed by atoms with van der Waals surface area (Å²) in [5.41, 5.74) is 12.6. The van der Waals surface area contributed by atoms with Gasteiger partial charge in [-0.3, -0.25) is 0 Å². The topological polar surface area (TPSA) is 105 Å². The second kappa shape index (κ2) is 7.02. The molecule has 1 aromatic heterocycles. The van der Waals surface area contributed by atoms with Crippen molar-refractivity contribution in [3.05, 3.63) is 35.6 Å². The van der Waals surface area contributed by atoms with Crippen LogP contribution in [-0.2, 0) is 0 Å². The molecule has 7 nitrogen and oxygen atoms in total. The quantitative estimate of drug-likeness (QED) is 0.748. The van der Waals surface area contributed by atoms with Crippen LogP contribution in [0.3, 0.4) is 0 Å². The van der Waals surface area contributed by atoms with E-state index in [9.17, 15) is 4.39 Å². The van der Waals surface area contributed by atoms with Crippen molar-refractivity contribution < 1.29 is 4.39 Å². The second-order valence-electron chi connectivity index (χ2n) is 6.87. The lowest BCUT2D eigenvalue weighted by atomic mass is 9.88. The van der Waals surface area contributed by atoms with Crippen molar-refractivity contribution in [1.29, 1.82) is 0 Å². The molecule has 0 radical (unpaired) electrons. The van der Waals surface area contributed by atoms with Gasteiger partial charge in [-0.25, -0.2) is 14.4 Å². The van der Waals surface area contributed by atoms with Gasteiger partial charge in [0.15, 0.2) is 5.96 Å². The van der Waals surface area contributed by atoms with Gasteiger partial charge in [0.2, 0.25) is 5.96 Å². The first-order valence-electron chi connectivity index (χ1n) is 9.10. The van der Waals surface area contributed by atoms with Gasteiger partial charge in [-0.1, -0.05) is 6.92 Å². The fourth-order valence-corrected chi connectivity index (χ4v) is 3.45. The van der Waals surface area contributed by atoms with Crippen molar-refractivity contribution in [2.45, 2.75) is 39.3 Å². The Labute approximate surface area is 158 Å². The maximum absolute atomic E-state index is 13.7. The smallest absolute Gasteiger partial charge is 0.220 e. The number of aliphatic imine (C=N–C) groups is 2. The normalized spacial score (nSPS) is 20.6. The molecule has 0 aliphatic carbocycles. The zero-order valence-corrected chi connectivity index (χ0v) is 16.1. The van der Waals surface area contributed by atoms with E-state index in [4.69, 9.17) is 16.5 Å². The summed E-state index contributed by atoms with van der Waals surface area (Å²) in [6.07, 6.45) is 0. The lowest BCUT2D eigenvalue weighted by Crippen LogP contribution is -2.55. The predicted octanol–water partition coefficient (Wildman–Crippen LogP) is 2.27. The number of fused-ring (bicyclic) bond motifs is 1. The molecule has 0 fully saturated rings. The van der Waals surface area contributed by atoms with Crippen LogP contribution < -0.4 is 21.7 Å². The molecule has 5 N–H and O–H groups in total. The predicted molar refractivity (Wildman–Crippen MR) is 108 cm³/mol. The molecular formula is C19H26FN7. The van der Waals surface area contributed by atoms with E-state index in [1.54, 1.807) is 6.07 Å². The van der Waals surface area contributed by atoms with Gasteiger partial charge in [0.05, 0.1) is 5.52 Å². The van der Waals surface area contributed by atoms with Crippen LogP contribution in [0.2, 0.25) is 0 Å². The second-order valence-corrected chi connectivity index (χ2v) is 6.87. The first-order valence-corrected chi connectivity index (χ1v) is 9.10. The van der Waals surface area contributed by atoms with E-state index >= 15 is 0 Å². The van der Waals surface area contributed by atoms with Gasteiger partial charge in [0.1, 0.15) is 17.3 Å². The summed E-state index contributed by atoms with van der Waals surface area (Å²) in [6.45, 7) is 9.66. The molecule has 3 rings (SSSR count). The van der Waals surface area contributed by atoms with Crippen LogP contribution in [0.5, 0.6) is 0 Å². The third-order valence-electron chi connectivity index (χ3n) is 5.12. The molecule has 27 heavy (non-hydrogen) atoms. The Morgan fingerprint density at radius 3 is 2.56 bits per heavy atom. The zero-order chi connectivity index (χ0) is 19.8. The van der Waals surface area contributed by atoms with Gasteiger partial charge in [0.25, 0.3) is 0 Å². The number of nitrogens with zero attached hydrogens (tertiary/aromatic N) is 4. The molecule has 144 valence electrons. The SMILES string of the molecule is CCN(CC)c1nc2cc(F)ccc2cc1C(C)C1(C)N=C(N)N=C(N)N1. The van der Waals surface area contributed by atoms with E-state index in [0.717, 1.165) is 29.9 Å². The summed E-state index contributed by atoms with van der Waals surface area (Å²) in [7, 11) is 0. The Hall–Kier alpha value is -2.90. The van der Waals surface area contributed by atoms with Gasteiger partial charge < -0.3 is 21.7 Å². The van der Waals surface area contributed by atoms with Crippen molar-refractivity contribution in [2.24, 2.45) is 21.5 Å². The molecule has 2 atom stereocenters. The Balaban J connectivity index is 2.18. The average molecular weight is 371 g/mol. The molecule has 8 heteroatoms. The van der Waals surface area contributed by atoms with E-state index in [1.165, 1.54) is 12.1 Å². The lowest BCUT2D eigenvalue weighted by molar-refractivity contribution is 0.363. The zero-order valence-electron chi connectivity index (χ0n) is 16.1. The summed E-state index contributed by atoms with van der Waals surface area (Å²) >= 11 is 0. The number of pyridine rings is 1. The fourth-order valence-electron chi connectivity index (χ4n) is 3.45. The number of rotatable bonds is 5. The van der Waals surface area contributed by atoms with Crippen molar-refractivity contribution in [3.8, 4) is 0 Å². The van der Waals surface area contributed by atoms with Crippen molar-refractivity contribution in [1.82, 2.24) is 10.3 Å². The first kappa shape index (κ1) is 18.9. The van der Waals surface area contributed by atoms with E-state index in [1.807, 2.05) is 19.9 Å². The van der Waals surface area contributed by atoms with E-state index in [0.29, 0.717) is 5.52 Å². The van der Waals surface area contributed by atoms with Crippen molar-refractivity contribution in [2.75, 3.05) is 18.0 Å². The fraction of sp³-hybridized carbons (Fsp3) is 0.421. The Kier molecular flexibility index (Phi) is 4.91. The molecule has 1 aromatic carbocycles. The number of guanidine groups is 2. The molecule has 0 saturated carbocycles. The van der Waals surface area contributed by atoms with Crippen LogP contribution in [0.15, 0.2) is 34.3 Å². The number of halogens is 1. The highest BCUT2D eigenvalue weighted by Gasteiger charge is 2.37. The highest BCUT2D eigenvalue weighted by molar-refractivity contribution is 5.96. The first-order chi connectivity index (χ1) is 12.8. The van der Waals surface area contributed by atoms with Gasteiger partial charge in [0, 0.05) is 36.0 Å². The molecule has 1 aliphatic heterocycles. The minimum atomic E-state index is -0.771. The van der Waals surface area contributed by atoms with E-state index in [-0.39, 0.29) is 23.7 Å². The van der Waals surface area contributed by atoms with Gasteiger partial charge in [-0.15, -0.1) is 0 Å². The number of nitrogens with two attached hydrogens (primary N) is 2. The van der Waals surface area contributed by atoms with Crippen LogP contribution in [0, 0.1) is 5.82 Å². The Morgan fingerprint density at radius 2 is 1.93 bits per heavy atom. The van der Waals surface area contributed by atoms with Crippen LogP contribution in [0.1, 0.15) is 39.2 Å². The summed E-state index contributed by atoms with van der Waals surface area (Å²) in [5.74, 6) is 0.757. The van der Waals surface area contributed by atoms with E-state index < -0.39 is 5.66 Å². The van der Waals surface area contributed by atoms with Crippen LogP contribution in [0.4, 0.5) is 10.2 Å². The molecule has 1 aliphatic rings. The van der Waals surface area contributed by atoms with Gasteiger partial charge >= 0.3 is 0 Å².